The molecule has 0 unspecified atom stereocenters. The lowest BCUT2D eigenvalue weighted by atomic mass is 10.1. The summed E-state index contributed by atoms with van der Waals surface area (Å²) in [5, 5.41) is 1.42. The molecular weight excluding hydrogens is 290 g/mol. The molecule has 23 heavy (non-hydrogen) atoms. The predicted molar refractivity (Wildman–Crippen MR) is 90.9 cm³/mol. The van der Waals surface area contributed by atoms with Crippen LogP contribution < -0.4 is 11.2 Å². The summed E-state index contributed by atoms with van der Waals surface area (Å²) in [6, 6.07) is 7.90. The minimum absolute atomic E-state index is 0.175. The van der Waals surface area contributed by atoms with Crippen LogP contribution in [0, 0.1) is 0 Å². The van der Waals surface area contributed by atoms with Crippen molar-refractivity contribution >= 4 is 21.8 Å². The molecule has 5 nitrogen and oxygen atoms in total. The zero-order chi connectivity index (χ0) is 16.0. The summed E-state index contributed by atoms with van der Waals surface area (Å²) < 4.78 is 3.19. The van der Waals surface area contributed by atoms with Crippen LogP contribution >= 0.6 is 0 Å². The van der Waals surface area contributed by atoms with Crippen LogP contribution in [-0.4, -0.2) is 14.1 Å². The van der Waals surface area contributed by atoms with Crippen molar-refractivity contribution in [2.45, 2.75) is 45.2 Å². The Hall–Kier alpha value is -2.43. The number of nitrogens with zero attached hydrogens (tertiary/aromatic N) is 3. The summed E-state index contributed by atoms with van der Waals surface area (Å²) >= 11 is 0. The van der Waals surface area contributed by atoms with Gasteiger partial charge in [0.1, 0.15) is 0 Å². The van der Waals surface area contributed by atoms with Gasteiger partial charge in [-0.1, -0.05) is 31.0 Å². The largest absolute Gasteiger partial charge is 0.331 e. The van der Waals surface area contributed by atoms with E-state index in [1.165, 1.54) is 4.57 Å². The Morgan fingerprint density at radius 1 is 1.13 bits per heavy atom. The first-order valence-electron chi connectivity index (χ1n) is 8.25. The third-order valence-corrected chi connectivity index (χ3v) is 4.91. The highest BCUT2D eigenvalue weighted by Gasteiger charge is 2.24. The smallest absolute Gasteiger partial charge is 0.289 e. The normalized spacial score (nSPS) is 15.7. The summed E-state index contributed by atoms with van der Waals surface area (Å²) in [6.45, 7) is 2.22. The van der Waals surface area contributed by atoms with Gasteiger partial charge >= 0.3 is 5.69 Å². The van der Waals surface area contributed by atoms with Gasteiger partial charge in [-0.2, -0.15) is 0 Å². The molecule has 1 aliphatic rings. The minimum Gasteiger partial charge on any atom is -0.289 e. The Kier molecular flexibility index (Phi) is 3.29. The number of fused-ring (bicyclic) bond motifs is 3. The zero-order valence-electron chi connectivity index (χ0n) is 13.2. The van der Waals surface area contributed by atoms with Crippen molar-refractivity contribution in [3.8, 4) is 0 Å². The fourth-order valence-electron chi connectivity index (χ4n) is 3.78. The van der Waals surface area contributed by atoms with Gasteiger partial charge in [-0.25, -0.2) is 4.79 Å². The molecule has 0 aliphatic heterocycles. The lowest BCUT2D eigenvalue weighted by Crippen LogP contribution is -2.40. The van der Waals surface area contributed by atoms with Gasteiger partial charge in [0.15, 0.2) is 0 Å². The summed E-state index contributed by atoms with van der Waals surface area (Å²) in [4.78, 5) is 30.1. The standard InChI is InChI=1S/C18H19N3O2/c1-2-20-17(22)14-11-19-15-10-6-5-9-13(15)16(14)21(18(20)23)12-7-3-4-8-12/h5-6,9-12H,2-4,7-8H2,1H3. The molecule has 0 N–H and O–H groups in total. The van der Waals surface area contributed by atoms with Crippen molar-refractivity contribution in [2.75, 3.05) is 0 Å². The van der Waals surface area contributed by atoms with Crippen LogP contribution in [0.1, 0.15) is 38.6 Å². The maximum Gasteiger partial charge on any atom is 0.331 e. The quantitative estimate of drug-likeness (QED) is 0.684. The van der Waals surface area contributed by atoms with Gasteiger partial charge in [-0.15, -0.1) is 0 Å². The molecule has 0 atom stereocenters. The van der Waals surface area contributed by atoms with Crippen molar-refractivity contribution in [3.63, 3.8) is 0 Å². The van der Waals surface area contributed by atoms with E-state index < -0.39 is 0 Å². The van der Waals surface area contributed by atoms with Gasteiger partial charge in [0.25, 0.3) is 5.56 Å². The minimum atomic E-state index is -0.236. The summed E-state index contributed by atoms with van der Waals surface area (Å²) in [7, 11) is 0. The molecule has 0 bridgehead atoms. The van der Waals surface area contributed by atoms with Gasteiger partial charge in [0.05, 0.1) is 16.4 Å². The monoisotopic (exact) mass is 309 g/mol. The number of rotatable bonds is 2. The van der Waals surface area contributed by atoms with Gasteiger partial charge < -0.3 is 0 Å². The number of para-hydroxylation sites is 1. The van der Waals surface area contributed by atoms with Crippen molar-refractivity contribution < 1.29 is 0 Å². The highest BCUT2D eigenvalue weighted by atomic mass is 16.2. The molecule has 118 valence electrons. The van der Waals surface area contributed by atoms with Crippen molar-refractivity contribution in [1.29, 1.82) is 0 Å². The lowest BCUT2D eigenvalue weighted by molar-refractivity contribution is 0.483. The Labute approximate surface area is 133 Å². The fraction of sp³-hybridized carbons (Fsp3) is 0.389. The molecule has 1 aliphatic carbocycles. The van der Waals surface area contributed by atoms with E-state index in [0.717, 1.165) is 42.1 Å². The molecular formula is C18H19N3O2. The Bertz CT molecular complexity index is 1010. The van der Waals surface area contributed by atoms with E-state index in [2.05, 4.69) is 4.98 Å². The average molecular weight is 309 g/mol. The zero-order valence-corrected chi connectivity index (χ0v) is 13.2. The molecule has 3 aromatic rings. The molecule has 5 heteroatoms. The van der Waals surface area contributed by atoms with Crippen LogP contribution in [0.4, 0.5) is 0 Å². The van der Waals surface area contributed by atoms with E-state index in [1.807, 2.05) is 35.8 Å². The van der Waals surface area contributed by atoms with Gasteiger partial charge in [-0.05, 0) is 25.8 Å². The van der Waals surface area contributed by atoms with Crippen molar-refractivity contribution in [2.24, 2.45) is 0 Å². The van der Waals surface area contributed by atoms with Gasteiger partial charge in [-0.3, -0.25) is 18.9 Å². The number of hydrogen-bond acceptors (Lipinski definition) is 3. The molecule has 0 spiro atoms. The molecule has 2 heterocycles. The Balaban J connectivity index is 2.25. The predicted octanol–water partition coefficient (Wildman–Crippen LogP) is 2.85. The topological polar surface area (TPSA) is 56.9 Å². The lowest BCUT2D eigenvalue weighted by Gasteiger charge is -2.19. The van der Waals surface area contributed by atoms with E-state index >= 15 is 0 Å². The van der Waals surface area contributed by atoms with Crippen molar-refractivity contribution in [1.82, 2.24) is 14.1 Å². The highest BCUT2D eigenvalue weighted by Crippen LogP contribution is 2.32. The van der Waals surface area contributed by atoms with Crippen LogP contribution in [0.5, 0.6) is 0 Å². The van der Waals surface area contributed by atoms with E-state index in [1.54, 1.807) is 6.20 Å². The number of pyridine rings is 1. The summed E-state index contributed by atoms with van der Waals surface area (Å²) in [6.07, 6.45) is 5.87. The Morgan fingerprint density at radius 2 is 1.87 bits per heavy atom. The van der Waals surface area contributed by atoms with Crippen LogP contribution in [0.25, 0.3) is 21.8 Å². The first-order chi connectivity index (χ1) is 11.2. The van der Waals surface area contributed by atoms with E-state index in [4.69, 9.17) is 0 Å². The van der Waals surface area contributed by atoms with Gasteiger partial charge in [0, 0.05) is 24.2 Å². The van der Waals surface area contributed by atoms with E-state index in [0.29, 0.717) is 11.9 Å². The SMILES string of the molecule is CCn1c(=O)c2cnc3ccccc3c2n(C2CCCC2)c1=O. The van der Waals surface area contributed by atoms with Crippen LogP contribution in [0.15, 0.2) is 40.1 Å². The average Bonchev–Trinajstić information content (AvgIpc) is 3.09. The second-order valence-corrected chi connectivity index (χ2v) is 6.18. The first-order valence-corrected chi connectivity index (χ1v) is 8.25. The number of benzene rings is 1. The van der Waals surface area contributed by atoms with E-state index in [-0.39, 0.29) is 17.3 Å². The maximum absolute atomic E-state index is 13.0. The molecule has 0 amide bonds. The second-order valence-electron chi connectivity index (χ2n) is 6.18. The molecule has 0 radical (unpaired) electrons. The third kappa shape index (κ3) is 2.03. The summed E-state index contributed by atoms with van der Waals surface area (Å²) in [5.74, 6) is 0. The molecule has 2 aromatic heterocycles. The molecule has 1 saturated carbocycles. The number of aromatic nitrogens is 3. The number of hydrogen-bond donors (Lipinski definition) is 0. The molecule has 4 rings (SSSR count). The maximum atomic E-state index is 13.0. The second kappa shape index (κ2) is 5.33. The summed E-state index contributed by atoms with van der Waals surface area (Å²) in [5.41, 5.74) is 1.15. The first kappa shape index (κ1) is 14.2. The van der Waals surface area contributed by atoms with Crippen LogP contribution in [0.3, 0.4) is 0 Å². The Morgan fingerprint density at radius 3 is 2.61 bits per heavy atom. The molecule has 1 fully saturated rings. The highest BCUT2D eigenvalue weighted by molar-refractivity contribution is 6.02. The van der Waals surface area contributed by atoms with E-state index in [9.17, 15) is 9.59 Å². The van der Waals surface area contributed by atoms with Crippen LogP contribution in [0.2, 0.25) is 0 Å². The third-order valence-electron chi connectivity index (χ3n) is 4.91. The fourth-order valence-corrected chi connectivity index (χ4v) is 3.78. The van der Waals surface area contributed by atoms with Crippen molar-refractivity contribution in [3.05, 3.63) is 51.3 Å². The van der Waals surface area contributed by atoms with Gasteiger partial charge in [0.2, 0.25) is 0 Å². The molecule has 0 saturated heterocycles. The molecule has 1 aromatic carbocycles. The van der Waals surface area contributed by atoms with Crippen LogP contribution in [-0.2, 0) is 6.54 Å².